The molecule has 1 atom stereocenters. The van der Waals surface area contributed by atoms with Gasteiger partial charge in [0.05, 0.1) is 0 Å². The van der Waals surface area contributed by atoms with Crippen molar-refractivity contribution in [3.05, 3.63) is 0 Å². The predicted octanol–water partition coefficient (Wildman–Crippen LogP) is -0.567. The molecule has 0 aromatic rings. The van der Waals surface area contributed by atoms with E-state index in [1.54, 1.807) is 4.90 Å². The molecule has 0 saturated carbocycles. The zero-order valence-corrected chi connectivity index (χ0v) is 11.8. The molecule has 0 unspecified atom stereocenters. The number of nitrogens with one attached hydrogen (secondary N) is 3. The second kappa shape index (κ2) is 6.69. The highest BCUT2D eigenvalue weighted by Crippen LogP contribution is 2.18. The second-order valence-electron chi connectivity index (χ2n) is 5.44. The largest absolute Gasteiger partial charge is 0.341 e. The van der Waals surface area contributed by atoms with Crippen LogP contribution in [0.15, 0.2) is 0 Å². The number of amides is 4. The minimum atomic E-state index is -0.581. The van der Waals surface area contributed by atoms with Crippen molar-refractivity contribution >= 4 is 17.8 Å². The molecule has 2 aliphatic heterocycles. The van der Waals surface area contributed by atoms with Crippen molar-refractivity contribution < 1.29 is 14.4 Å². The maximum atomic E-state index is 12.4. The highest BCUT2D eigenvalue weighted by atomic mass is 16.2. The minimum Gasteiger partial charge on any atom is -0.341 e. The Morgan fingerprint density at radius 2 is 2.00 bits per heavy atom. The van der Waals surface area contributed by atoms with E-state index < -0.39 is 12.1 Å². The molecule has 0 aliphatic carbocycles. The number of rotatable bonds is 3. The van der Waals surface area contributed by atoms with Gasteiger partial charge < -0.3 is 15.5 Å². The maximum absolute atomic E-state index is 12.4. The Labute approximate surface area is 118 Å². The number of piperidine rings is 1. The van der Waals surface area contributed by atoms with Gasteiger partial charge in [-0.25, -0.2) is 4.79 Å². The lowest BCUT2D eigenvalue weighted by molar-refractivity contribution is -0.134. The van der Waals surface area contributed by atoms with Crippen LogP contribution in [0.4, 0.5) is 4.79 Å². The van der Waals surface area contributed by atoms with E-state index in [1.807, 2.05) is 7.05 Å². The molecule has 0 radical (unpaired) electrons. The first-order valence-electron chi connectivity index (χ1n) is 7.14. The van der Waals surface area contributed by atoms with Gasteiger partial charge in [0, 0.05) is 19.5 Å². The van der Waals surface area contributed by atoms with Crippen LogP contribution in [-0.2, 0) is 9.59 Å². The number of carbonyl (C=O) groups excluding carboxylic acids is 3. The molecule has 2 rings (SSSR count). The monoisotopic (exact) mass is 282 g/mol. The lowest BCUT2D eigenvalue weighted by Crippen LogP contribution is -2.51. The Morgan fingerprint density at radius 3 is 2.65 bits per heavy atom. The zero-order valence-electron chi connectivity index (χ0n) is 11.8. The highest BCUT2D eigenvalue weighted by Gasteiger charge is 2.31. The summed E-state index contributed by atoms with van der Waals surface area (Å²) >= 11 is 0. The fraction of sp³-hybridized carbons (Fsp3) is 0.769. The summed E-state index contributed by atoms with van der Waals surface area (Å²) in [6, 6.07) is -1.15. The standard InChI is InChI=1S/C13H22N4O3/c1-14-8-9-4-6-17(7-5-9)12(19)10-2-3-11(18)16-13(20)15-10/h9-10,14H,2-8H2,1H3,(H2,15,16,18,20)/t10-/m0/s1. The SMILES string of the molecule is CNCC1CCN(C(=O)[C@@H]2CCC(=O)NC(=O)N2)CC1. The number of likely N-dealkylation sites (tertiary alicyclic amines) is 1. The smallest absolute Gasteiger partial charge is 0.322 e. The molecule has 3 N–H and O–H groups in total. The Kier molecular flexibility index (Phi) is 4.94. The van der Waals surface area contributed by atoms with Crippen LogP contribution in [0.3, 0.4) is 0 Å². The lowest BCUT2D eigenvalue weighted by Gasteiger charge is -2.34. The third-order valence-electron chi connectivity index (χ3n) is 3.94. The number of urea groups is 1. The summed E-state index contributed by atoms with van der Waals surface area (Å²) in [6.45, 7) is 2.42. The summed E-state index contributed by atoms with van der Waals surface area (Å²) in [5, 5.41) is 7.91. The van der Waals surface area contributed by atoms with Crippen molar-refractivity contribution in [2.75, 3.05) is 26.7 Å². The van der Waals surface area contributed by atoms with Crippen LogP contribution in [0.1, 0.15) is 25.7 Å². The molecule has 112 valence electrons. The van der Waals surface area contributed by atoms with Gasteiger partial charge in [-0.05, 0) is 38.8 Å². The molecule has 0 aromatic heterocycles. The van der Waals surface area contributed by atoms with Crippen molar-refractivity contribution in [2.24, 2.45) is 5.92 Å². The fourth-order valence-electron chi connectivity index (χ4n) is 2.78. The molecule has 2 heterocycles. The molecule has 0 aromatic carbocycles. The van der Waals surface area contributed by atoms with Gasteiger partial charge in [-0.1, -0.05) is 0 Å². The summed E-state index contributed by atoms with van der Waals surface area (Å²) in [7, 11) is 1.93. The van der Waals surface area contributed by atoms with Gasteiger partial charge in [0.2, 0.25) is 11.8 Å². The molecule has 20 heavy (non-hydrogen) atoms. The van der Waals surface area contributed by atoms with E-state index in [0.29, 0.717) is 12.3 Å². The number of hydrogen-bond acceptors (Lipinski definition) is 4. The molecule has 2 fully saturated rings. The summed E-state index contributed by atoms with van der Waals surface area (Å²) in [6.07, 6.45) is 2.52. The van der Waals surface area contributed by atoms with Crippen LogP contribution in [0.5, 0.6) is 0 Å². The van der Waals surface area contributed by atoms with E-state index in [-0.39, 0.29) is 18.2 Å². The van der Waals surface area contributed by atoms with Crippen LogP contribution in [0, 0.1) is 5.92 Å². The zero-order chi connectivity index (χ0) is 14.5. The molecule has 0 spiro atoms. The van der Waals surface area contributed by atoms with Crippen LogP contribution < -0.4 is 16.0 Å². The molecular weight excluding hydrogens is 260 g/mol. The number of carbonyl (C=O) groups is 3. The fourth-order valence-corrected chi connectivity index (χ4v) is 2.78. The molecule has 2 saturated heterocycles. The van der Waals surface area contributed by atoms with Gasteiger partial charge in [-0.2, -0.15) is 0 Å². The summed E-state index contributed by atoms with van der Waals surface area (Å²) < 4.78 is 0. The Bertz CT molecular complexity index is 391. The molecular formula is C13H22N4O3. The quantitative estimate of drug-likeness (QED) is 0.647. The van der Waals surface area contributed by atoms with E-state index in [0.717, 1.165) is 32.5 Å². The van der Waals surface area contributed by atoms with E-state index in [9.17, 15) is 14.4 Å². The average molecular weight is 282 g/mol. The van der Waals surface area contributed by atoms with Gasteiger partial charge >= 0.3 is 6.03 Å². The van der Waals surface area contributed by atoms with Crippen molar-refractivity contribution in [1.29, 1.82) is 0 Å². The first-order chi connectivity index (χ1) is 9.60. The number of imide groups is 1. The van der Waals surface area contributed by atoms with Gasteiger partial charge in [-0.15, -0.1) is 0 Å². The van der Waals surface area contributed by atoms with Gasteiger partial charge in [0.25, 0.3) is 0 Å². The summed E-state index contributed by atoms with van der Waals surface area (Å²) in [5.41, 5.74) is 0. The Morgan fingerprint density at radius 1 is 1.30 bits per heavy atom. The van der Waals surface area contributed by atoms with E-state index in [1.165, 1.54) is 0 Å². The van der Waals surface area contributed by atoms with E-state index >= 15 is 0 Å². The lowest BCUT2D eigenvalue weighted by atomic mass is 9.96. The molecule has 0 bridgehead atoms. The first-order valence-corrected chi connectivity index (χ1v) is 7.14. The third-order valence-corrected chi connectivity index (χ3v) is 3.94. The van der Waals surface area contributed by atoms with Crippen molar-refractivity contribution in [2.45, 2.75) is 31.7 Å². The average Bonchev–Trinajstić information content (AvgIpc) is 2.60. The van der Waals surface area contributed by atoms with Crippen molar-refractivity contribution in [1.82, 2.24) is 20.9 Å². The highest BCUT2D eigenvalue weighted by molar-refractivity contribution is 5.98. The van der Waals surface area contributed by atoms with Crippen LogP contribution in [0.2, 0.25) is 0 Å². The van der Waals surface area contributed by atoms with Crippen molar-refractivity contribution in [3.63, 3.8) is 0 Å². The number of hydrogen-bond donors (Lipinski definition) is 3. The molecule has 4 amide bonds. The molecule has 7 heteroatoms. The van der Waals surface area contributed by atoms with Crippen LogP contribution >= 0.6 is 0 Å². The van der Waals surface area contributed by atoms with Gasteiger partial charge in [0.1, 0.15) is 6.04 Å². The van der Waals surface area contributed by atoms with Gasteiger partial charge in [-0.3, -0.25) is 14.9 Å². The first kappa shape index (κ1) is 14.8. The number of nitrogens with zero attached hydrogens (tertiary/aromatic N) is 1. The van der Waals surface area contributed by atoms with E-state index in [4.69, 9.17) is 0 Å². The molecule has 7 nitrogen and oxygen atoms in total. The predicted molar refractivity (Wildman–Crippen MR) is 72.9 cm³/mol. The van der Waals surface area contributed by atoms with Crippen molar-refractivity contribution in [3.8, 4) is 0 Å². The third kappa shape index (κ3) is 3.69. The van der Waals surface area contributed by atoms with Crippen LogP contribution in [-0.4, -0.2) is 55.5 Å². The second-order valence-corrected chi connectivity index (χ2v) is 5.44. The summed E-state index contributed by atoms with van der Waals surface area (Å²) in [4.78, 5) is 36.8. The molecule has 2 aliphatic rings. The maximum Gasteiger partial charge on any atom is 0.322 e. The van der Waals surface area contributed by atoms with E-state index in [2.05, 4.69) is 16.0 Å². The normalized spacial score (nSPS) is 24.9. The topological polar surface area (TPSA) is 90.5 Å². The Balaban J connectivity index is 1.88. The van der Waals surface area contributed by atoms with Crippen LogP contribution in [0.25, 0.3) is 0 Å². The minimum absolute atomic E-state index is 0.0715. The Hall–Kier alpha value is -1.63. The van der Waals surface area contributed by atoms with Gasteiger partial charge in [0.15, 0.2) is 0 Å². The summed E-state index contributed by atoms with van der Waals surface area (Å²) in [5.74, 6) is 0.208.